The maximum Gasteiger partial charge on any atom is 0.171 e. The Labute approximate surface area is 99.3 Å². The molecule has 17 heavy (non-hydrogen) atoms. The fraction of sp³-hybridized carbons (Fsp3) is 0.583. The Morgan fingerprint density at radius 2 is 1.88 bits per heavy atom. The Morgan fingerprint density at radius 1 is 1.18 bits per heavy atom. The number of rotatable bonds is 1. The molecule has 2 aliphatic heterocycles. The molecule has 0 aromatic carbocycles. The molecule has 2 aliphatic rings. The molecular formula is C12H15FN2O2. The first-order valence-corrected chi connectivity index (χ1v) is 5.92. The van der Waals surface area contributed by atoms with Crippen molar-refractivity contribution in [2.75, 3.05) is 31.2 Å². The maximum atomic E-state index is 12.8. The second kappa shape index (κ2) is 4.23. The summed E-state index contributed by atoms with van der Waals surface area (Å²) >= 11 is 0. The van der Waals surface area contributed by atoms with Gasteiger partial charge in [0.05, 0.1) is 19.4 Å². The predicted molar refractivity (Wildman–Crippen MR) is 60.3 cm³/mol. The first-order chi connectivity index (χ1) is 8.27. The van der Waals surface area contributed by atoms with Crippen molar-refractivity contribution < 1.29 is 13.9 Å². The molecule has 2 fully saturated rings. The molecular weight excluding hydrogens is 223 g/mol. The van der Waals surface area contributed by atoms with Gasteiger partial charge in [0.2, 0.25) is 0 Å². The molecule has 4 nitrogen and oxygen atoms in total. The van der Waals surface area contributed by atoms with E-state index < -0.39 is 0 Å². The highest BCUT2D eigenvalue weighted by Gasteiger charge is 2.39. The minimum absolute atomic E-state index is 0.301. The molecule has 0 saturated carbocycles. The second-order valence-electron chi connectivity index (χ2n) is 4.43. The van der Waals surface area contributed by atoms with Crippen molar-refractivity contribution in [1.82, 2.24) is 4.98 Å². The van der Waals surface area contributed by atoms with Crippen LogP contribution in [0.15, 0.2) is 18.3 Å². The number of nitrogens with zero attached hydrogens (tertiary/aromatic N) is 2. The van der Waals surface area contributed by atoms with Crippen molar-refractivity contribution in [3.05, 3.63) is 24.1 Å². The van der Waals surface area contributed by atoms with Crippen LogP contribution < -0.4 is 4.90 Å². The van der Waals surface area contributed by atoms with E-state index in [2.05, 4.69) is 9.88 Å². The van der Waals surface area contributed by atoms with Crippen LogP contribution in [0.25, 0.3) is 0 Å². The number of anilines is 1. The molecule has 1 spiro atoms. The minimum atomic E-state index is -0.365. The molecule has 2 saturated heterocycles. The Morgan fingerprint density at radius 3 is 2.47 bits per heavy atom. The van der Waals surface area contributed by atoms with E-state index in [0.29, 0.717) is 13.2 Å². The van der Waals surface area contributed by atoms with E-state index in [9.17, 15) is 4.39 Å². The quantitative estimate of drug-likeness (QED) is 0.743. The molecule has 92 valence electrons. The van der Waals surface area contributed by atoms with E-state index in [1.54, 1.807) is 6.07 Å². The Hall–Kier alpha value is -1.20. The molecule has 0 atom stereocenters. The van der Waals surface area contributed by atoms with Gasteiger partial charge >= 0.3 is 0 Å². The molecule has 0 bridgehead atoms. The number of aromatic nitrogens is 1. The Kier molecular flexibility index (Phi) is 2.72. The molecule has 1 aromatic rings. The summed E-state index contributed by atoms with van der Waals surface area (Å²) in [6.45, 7) is 3.04. The van der Waals surface area contributed by atoms with Gasteiger partial charge in [-0.05, 0) is 12.1 Å². The summed E-state index contributed by atoms with van der Waals surface area (Å²) in [5.74, 6) is 0.153. The highest BCUT2D eigenvalue weighted by molar-refractivity contribution is 5.38. The summed E-state index contributed by atoms with van der Waals surface area (Å²) in [5.41, 5.74) is 0. The smallest absolute Gasteiger partial charge is 0.171 e. The molecule has 0 aliphatic carbocycles. The van der Waals surface area contributed by atoms with Gasteiger partial charge in [0.15, 0.2) is 5.79 Å². The normalized spacial score (nSPS) is 23.2. The molecule has 3 heterocycles. The van der Waals surface area contributed by atoms with E-state index in [-0.39, 0.29) is 11.6 Å². The summed E-state index contributed by atoms with van der Waals surface area (Å²) in [5, 5.41) is 0. The second-order valence-corrected chi connectivity index (χ2v) is 4.43. The van der Waals surface area contributed by atoms with Crippen LogP contribution >= 0.6 is 0 Å². The first-order valence-electron chi connectivity index (χ1n) is 5.92. The van der Waals surface area contributed by atoms with Crippen LogP contribution in [0.1, 0.15) is 12.8 Å². The van der Waals surface area contributed by atoms with Crippen molar-refractivity contribution in [2.45, 2.75) is 18.6 Å². The van der Waals surface area contributed by atoms with Crippen molar-refractivity contribution in [1.29, 1.82) is 0 Å². The standard InChI is InChI=1S/C12H15FN2O2/c13-10-1-2-11(14-9-10)15-5-3-12(4-6-15)16-7-8-17-12/h1-2,9H,3-8H2. The van der Waals surface area contributed by atoms with E-state index in [1.165, 1.54) is 12.3 Å². The van der Waals surface area contributed by atoms with Gasteiger partial charge in [0, 0.05) is 25.9 Å². The number of hydrogen-bond donors (Lipinski definition) is 0. The van der Waals surface area contributed by atoms with Gasteiger partial charge in [0.1, 0.15) is 11.6 Å². The summed E-state index contributed by atoms with van der Waals surface area (Å²) in [6, 6.07) is 3.15. The van der Waals surface area contributed by atoms with E-state index in [0.717, 1.165) is 31.7 Å². The zero-order valence-electron chi connectivity index (χ0n) is 9.56. The first kappa shape index (κ1) is 10.9. The lowest BCUT2D eigenvalue weighted by Gasteiger charge is -2.38. The number of ether oxygens (including phenoxy) is 2. The molecule has 0 unspecified atom stereocenters. The average molecular weight is 238 g/mol. The summed E-state index contributed by atoms with van der Waals surface area (Å²) in [6.07, 6.45) is 2.93. The lowest BCUT2D eigenvalue weighted by atomic mass is 10.0. The SMILES string of the molecule is Fc1ccc(N2CCC3(CC2)OCCO3)nc1. The topological polar surface area (TPSA) is 34.6 Å². The van der Waals surface area contributed by atoms with Gasteiger partial charge in [-0.1, -0.05) is 0 Å². The van der Waals surface area contributed by atoms with Gasteiger partial charge in [-0.2, -0.15) is 0 Å². The van der Waals surface area contributed by atoms with Crippen LogP contribution in [0, 0.1) is 5.82 Å². The van der Waals surface area contributed by atoms with Crippen LogP contribution in [0.2, 0.25) is 0 Å². The van der Waals surface area contributed by atoms with Crippen molar-refractivity contribution in [2.24, 2.45) is 0 Å². The van der Waals surface area contributed by atoms with Crippen LogP contribution in [0.4, 0.5) is 10.2 Å². The average Bonchev–Trinajstić information content (AvgIpc) is 2.80. The number of pyridine rings is 1. The lowest BCUT2D eigenvalue weighted by molar-refractivity contribution is -0.169. The summed E-state index contributed by atoms with van der Waals surface area (Å²) < 4.78 is 24.1. The fourth-order valence-electron chi connectivity index (χ4n) is 2.42. The fourth-order valence-corrected chi connectivity index (χ4v) is 2.42. The highest BCUT2D eigenvalue weighted by Crippen LogP contribution is 2.32. The van der Waals surface area contributed by atoms with Crippen molar-refractivity contribution in [3.63, 3.8) is 0 Å². The maximum absolute atomic E-state index is 12.8. The monoisotopic (exact) mass is 238 g/mol. The lowest BCUT2D eigenvalue weighted by Crippen LogP contribution is -2.45. The Balaban J connectivity index is 1.66. The highest BCUT2D eigenvalue weighted by atomic mass is 19.1. The van der Waals surface area contributed by atoms with E-state index >= 15 is 0 Å². The third-order valence-corrected chi connectivity index (χ3v) is 3.37. The van der Waals surface area contributed by atoms with Gasteiger partial charge in [0.25, 0.3) is 0 Å². The zero-order valence-corrected chi connectivity index (χ0v) is 9.56. The molecule has 3 rings (SSSR count). The molecule has 5 heteroatoms. The molecule has 0 amide bonds. The van der Waals surface area contributed by atoms with Gasteiger partial charge in [-0.3, -0.25) is 0 Å². The molecule has 1 aromatic heterocycles. The van der Waals surface area contributed by atoms with Gasteiger partial charge in [-0.15, -0.1) is 0 Å². The number of hydrogen-bond acceptors (Lipinski definition) is 4. The third kappa shape index (κ3) is 2.12. The number of halogens is 1. The summed E-state index contributed by atoms with van der Waals surface area (Å²) in [4.78, 5) is 6.22. The van der Waals surface area contributed by atoms with Gasteiger partial charge in [-0.25, -0.2) is 9.37 Å². The molecule has 0 radical (unpaired) electrons. The van der Waals surface area contributed by atoms with E-state index in [1.807, 2.05) is 0 Å². The van der Waals surface area contributed by atoms with Crippen LogP contribution in [-0.4, -0.2) is 37.1 Å². The zero-order chi connectivity index (χ0) is 11.7. The largest absolute Gasteiger partial charge is 0.356 e. The van der Waals surface area contributed by atoms with Crippen molar-refractivity contribution >= 4 is 5.82 Å². The van der Waals surface area contributed by atoms with Crippen molar-refractivity contribution in [3.8, 4) is 0 Å². The Bertz CT molecular complexity index is 380. The van der Waals surface area contributed by atoms with Crippen LogP contribution in [-0.2, 0) is 9.47 Å². The summed E-state index contributed by atoms with van der Waals surface area (Å²) in [7, 11) is 0. The van der Waals surface area contributed by atoms with Crippen LogP contribution in [0.5, 0.6) is 0 Å². The number of piperidine rings is 1. The van der Waals surface area contributed by atoms with E-state index in [4.69, 9.17) is 9.47 Å². The third-order valence-electron chi connectivity index (χ3n) is 3.37. The van der Waals surface area contributed by atoms with Gasteiger partial charge < -0.3 is 14.4 Å². The van der Waals surface area contributed by atoms with Crippen LogP contribution in [0.3, 0.4) is 0 Å². The minimum Gasteiger partial charge on any atom is -0.356 e. The predicted octanol–water partition coefficient (Wildman–Crippen LogP) is 1.56. The molecule has 0 N–H and O–H groups in total.